The summed E-state index contributed by atoms with van der Waals surface area (Å²) in [6.45, 7) is 0.130. The minimum absolute atomic E-state index is 0.130. The zero-order valence-electron chi connectivity index (χ0n) is 16.2. The van der Waals surface area contributed by atoms with Gasteiger partial charge in [0.25, 0.3) is 0 Å². The van der Waals surface area contributed by atoms with Gasteiger partial charge in [0.1, 0.15) is 17.4 Å². The molecule has 4 aromatic rings. The van der Waals surface area contributed by atoms with Crippen molar-refractivity contribution in [3.63, 3.8) is 0 Å². The van der Waals surface area contributed by atoms with Crippen LogP contribution < -0.4 is 10.1 Å². The van der Waals surface area contributed by atoms with E-state index >= 15 is 0 Å². The second kappa shape index (κ2) is 9.96. The molecule has 0 spiro atoms. The summed E-state index contributed by atoms with van der Waals surface area (Å²) >= 11 is 1.56. The lowest BCUT2D eigenvalue weighted by molar-refractivity contribution is 0.296. The number of rotatable bonds is 9. The van der Waals surface area contributed by atoms with E-state index in [1.165, 1.54) is 12.1 Å². The van der Waals surface area contributed by atoms with E-state index in [-0.39, 0.29) is 12.4 Å². The first kappa shape index (κ1) is 20.7. The fraction of sp³-hybridized carbons (Fsp3) is 0.150. The van der Waals surface area contributed by atoms with Crippen molar-refractivity contribution >= 4 is 23.4 Å². The SMILES string of the molecule is OCCCSc1cnc(Nc2ccc(-c3nnn[nH]3)cn2)c(Oc2ccc(F)cc2)c1. The molecule has 0 unspecified atom stereocenters. The van der Waals surface area contributed by atoms with Crippen molar-refractivity contribution in [2.24, 2.45) is 0 Å². The van der Waals surface area contributed by atoms with E-state index in [0.29, 0.717) is 35.4 Å². The molecule has 3 aromatic heterocycles. The van der Waals surface area contributed by atoms with E-state index in [4.69, 9.17) is 9.84 Å². The summed E-state index contributed by atoms with van der Waals surface area (Å²) in [7, 11) is 0. The molecule has 0 amide bonds. The van der Waals surface area contributed by atoms with Crippen LogP contribution in [-0.2, 0) is 0 Å². The van der Waals surface area contributed by atoms with Crippen LogP contribution in [0.2, 0.25) is 0 Å². The van der Waals surface area contributed by atoms with Gasteiger partial charge in [-0.25, -0.2) is 19.5 Å². The topological polar surface area (TPSA) is 122 Å². The van der Waals surface area contributed by atoms with E-state index < -0.39 is 0 Å². The number of H-pyrrole nitrogens is 1. The van der Waals surface area contributed by atoms with Crippen molar-refractivity contribution in [3.8, 4) is 22.9 Å². The van der Waals surface area contributed by atoms with Crippen LogP contribution >= 0.6 is 11.8 Å². The number of pyridine rings is 2. The predicted molar refractivity (Wildman–Crippen MR) is 114 cm³/mol. The molecule has 0 aliphatic heterocycles. The van der Waals surface area contributed by atoms with Gasteiger partial charge < -0.3 is 15.2 Å². The van der Waals surface area contributed by atoms with E-state index in [1.54, 1.807) is 42.4 Å². The van der Waals surface area contributed by atoms with Crippen molar-refractivity contribution in [2.45, 2.75) is 11.3 Å². The number of benzene rings is 1. The van der Waals surface area contributed by atoms with Crippen molar-refractivity contribution in [1.29, 1.82) is 0 Å². The van der Waals surface area contributed by atoms with Crippen LogP contribution in [0.5, 0.6) is 11.5 Å². The van der Waals surface area contributed by atoms with E-state index in [9.17, 15) is 4.39 Å². The summed E-state index contributed by atoms with van der Waals surface area (Å²) in [6, 6.07) is 11.2. The lowest BCUT2D eigenvalue weighted by Gasteiger charge is -2.13. The normalized spacial score (nSPS) is 10.8. The molecular weight excluding hydrogens is 421 g/mol. The summed E-state index contributed by atoms with van der Waals surface area (Å²) in [5, 5.41) is 25.8. The average molecular weight is 439 g/mol. The molecule has 0 saturated heterocycles. The molecule has 0 saturated carbocycles. The van der Waals surface area contributed by atoms with Crippen LogP contribution in [-0.4, -0.2) is 48.1 Å². The number of hydrogen-bond acceptors (Lipinski definition) is 9. The second-order valence-corrected chi connectivity index (χ2v) is 7.47. The number of hydrogen-bond donors (Lipinski definition) is 3. The number of ether oxygens (including phenoxy) is 1. The van der Waals surface area contributed by atoms with Crippen molar-refractivity contribution in [2.75, 3.05) is 17.7 Å². The molecule has 158 valence electrons. The molecular formula is C20H18FN7O2S. The molecule has 1 aromatic carbocycles. The van der Waals surface area contributed by atoms with Crippen LogP contribution in [0.1, 0.15) is 6.42 Å². The lowest BCUT2D eigenvalue weighted by Crippen LogP contribution is -2.00. The Balaban J connectivity index is 1.56. The number of aliphatic hydroxyl groups excluding tert-OH is 1. The van der Waals surface area contributed by atoms with Gasteiger partial charge in [-0.15, -0.1) is 16.9 Å². The molecule has 9 nitrogen and oxygen atoms in total. The van der Waals surface area contributed by atoms with Crippen molar-refractivity contribution < 1.29 is 14.2 Å². The second-order valence-electron chi connectivity index (χ2n) is 6.31. The predicted octanol–water partition coefficient (Wildman–Crippen LogP) is 3.81. The number of tetrazole rings is 1. The van der Waals surface area contributed by atoms with Crippen molar-refractivity contribution in [3.05, 3.63) is 60.7 Å². The molecule has 4 rings (SSSR count). The number of halogens is 1. The molecule has 0 atom stereocenters. The molecule has 3 heterocycles. The van der Waals surface area contributed by atoms with Gasteiger partial charge in [-0.1, -0.05) is 0 Å². The summed E-state index contributed by atoms with van der Waals surface area (Å²) in [4.78, 5) is 9.72. The third-order valence-electron chi connectivity index (χ3n) is 4.07. The van der Waals surface area contributed by atoms with Gasteiger partial charge in [0.15, 0.2) is 17.4 Å². The molecule has 11 heteroatoms. The van der Waals surface area contributed by atoms with Gasteiger partial charge in [-0.3, -0.25) is 0 Å². The maximum absolute atomic E-state index is 13.2. The van der Waals surface area contributed by atoms with Crippen LogP contribution in [0.3, 0.4) is 0 Å². The quantitative estimate of drug-likeness (QED) is 0.264. The van der Waals surface area contributed by atoms with Gasteiger partial charge in [-0.2, -0.15) is 0 Å². The van der Waals surface area contributed by atoms with Crippen LogP contribution in [0, 0.1) is 5.82 Å². The molecule has 0 aliphatic rings. The molecule has 0 radical (unpaired) electrons. The zero-order chi connectivity index (χ0) is 21.5. The first-order valence-corrected chi connectivity index (χ1v) is 10.3. The van der Waals surface area contributed by atoms with Gasteiger partial charge in [-0.05, 0) is 59.3 Å². The Morgan fingerprint density at radius 3 is 2.68 bits per heavy atom. The Bertz CT molecular complexity index is 1110. The Labute approximate surface area is 181 Å². The molecule has 0 fully saturated rings. The van der Waals surface area contributed by atoms with Gasteiger partial charge in [0.05, 0.1) is 0 Å². The minimum atomic E-state index is -0.344. The molecule has 0 bridgehead atoms. The summed E-state index contributed by atoms with van der Waals surface area (Å²) in [6.07, 6.45) is 4.02. The standard InChI is InChI=1S/C20H18FN7O2S/c21-14-3-5-15(6-4-14)30-17-10-16(31-9-1-8-29)12-23-20(17)24-18-7-2-13(11-22-18)19-25-27-28-26-19/h2-7,10-12,29H,1,8-9H2,(H,22,23,24)(H,25,26,27,28). The highest BCUT2D eigenvalue weighted by Crippen LogP contribution is 2.33. The summed E-state index contributed by atoms with van der Waals surface area (Å²) in [5.74, 6) is 2.87. The third kappa shape index (κ3) is 5.53. The third-order valence-corrected chi connectivity index (χ3v) is 5.12. The number of aromatic amines is 1. The number of aromatic nitrogens is 6. The molecule has 31 heavy (non-hydrogen) atoms. The number of aliphatic hydroxyl groups is 1. The smallest absolute Gasteiger partial charge is 0.180 e. The first-order valence-electron chi connectivity index (χ1n) is 9.35. The molecule has 0 aliphatic carbocycles. The van der Waals surface area contributed by atoms with Crippen molar-refractivity contribution in [1.82, 2.24) is 30.6 Å². The summed E-state index contributed by atoms with van der Waals surface area (Å²) in [5.41, 5.74) is 0.738. The average Bonchev–Trinajstić information content (AvgIpc) is 3.33. The van der Waals surface area contributed by atoms with Crippen LogP contribution in [0.25, 0.3) is 11.4 Å². The number of nitrogens with one attached hydrogen (secondary N) is 2. The number of nitrogens with zero attached hydrogens (tertiary/aromatic N) is 5. The van der Waals surface area contributed by atoms with Gasteiger partial charge in [0.2, 0.25) is 0 Å². The van der Waals surface area contributed by atoms with Crippen LogP contribution in [0.15, 0.2) is 59.8 Å². The van der Waals surface area contributed by atoms with Crippen LogP contribution in [0.4, 0.5) is 16.0 Å². The zero-order valence-corrected chi connectivity index (χ0v) is 17.0. The Kier molecular flexibility index (Phi) is 6.65. The number of thioether (sulfide) groups is 1. The minimum Gasteiger partial charge on any atom is -0.453 e. The summed E-state index contributed by atoms with van der Waals surface area (Å²) < 4.78 is 19.2. The highest BCUT2D eigenvalue weighted by Gasteiger charge is 2.11. The fourth-order valence-electron chi connectivity index (χ4n) is 2.57. The van der Waals surface area contributed by atoms with E-state index in [0.717, 1.165) is 16.2 Å². The highest BCUT2D eigenvalue weighted by molar-refractivity contribution is 7.99. The monoisotopic (exact) mass is 439 g/mol. The van der Waals surface area contributed by atoms with E-state index in [2.05, 4.69) is 35.9 Å². The Hall–Kier alpha value is -3.57. The van der Waals surface area contributed by atoms with E-state index in [1.807, 2.05) is 12.1 Å². The Morgan fingerprint density at radius 1 is 1.10 bits per heavy atom. The Morgan fingerprint density at radius 2 is 1.97 bits per heavy atom. The highest BCUT2D eigenvalue weighted by atomic mass is 32.2. The number of anilines is 2. The maximum atomic E-state index is 13.2. The van der Waals surface area contributed by atoms with Gasteiger partial charge >= 0.3 is 0 Å². The largest absolute Gasteiger partial charge is 0.453 e. The fourth-order valence-corrected chi connectivity index (χ4v) is 3.40. The molecule has 3 N–H and O–H groups in total. The first-order chi connectivity index (χ1) is 15.2. The maximum Gasteiger partial charge on any atom is 0.180 e. The lowest BCUT2D eigenvalue weighted by atomic mass is 10.2. The van der Waals surface area contributed by atoms with Gasteiger partial charge in [0, 0.05) is 35.2 Å².